The quantitative estimate of drug-likeness (QED) is 0.768. The van der Waals surface area contributed by atoms with Crippen LogP contribution in [0.3, 0.4) is 0 Å². The molecule has 0 aliphatic rings. The normalized spacial score (nSPS) is 10.5. The molecule has 2 rings (SSSR count). The highest BCUT2D eigenvalue weighted by molar-refractivity contribution is 7.13. The van der Waals surface area contributed by atoms with Crippen molar-refractivity contribution in [1.82, 2.24) is 20.4 Å². The molecule has 0 aliphatic carbocycles. The molecule has 0 saturated heterocycles. The van der Waals surface area contributed by atoms with Gasteiger partial charge < -0.3 is 4.84 Å². The first-order valence-corrected chi connectivity index (χ1v) is 6.14. The molecule has 2 aromatic heterocycles. The summed E-state index contributed by atoms with van der Waals surface area (Å²) in [4.78, 5) is 17.8. The van der Waals surface area contributed by atoms with Crippen molar-refractivity contribution < 1.29 is 9.63 Å². The summed E-state index contributed by atoms with van der Waals surface area (Å²) in [6.45, 7) is 3.42. The topological polar surface area (TPSA) is 69.9 Å². The Morgan fingerprint density at radius 3 is 3.12 bits per heavy atom. The lowest BCUT2D eigenvalue weighted by atomic mass is 10.1. The minimum absolute atomic E-state index is 0.452. The standard InChI is InChI=1S/C10H12N4O2S/c1-3-4-8-5-6-17-9(8)10-11-12-13-14(10)16-7(2)15/h5-6H,3-4H2,1-2H3. The van der Waals surface area contributed by atoms with Gasteiger partial charge in [0, 0.05) is 6.92 Å². The molecule has 6 nitrogen and oxygen atoms in total. The minimum atomic E-state index is -0.452. The second-order valence-corrected chi connectivity index (χ2v) is 4.40. The smallest absolute Gasteiger partial charge is 0.316 e. The van der Waals surface area contributed by atoms with Crippen molar-refractivity contribution in [3.8, 4) is 10.7 Å². The summed E-state index contributed by atoms with van der Waals surface area (Å²) in [5.41, 5.74) is 1.17. The SMILES string of the molecule is CCCc1ccsc1-c1nnnn1OC(C)=O. The fourth-order valence-corrected chi connectivity index (χ4v) is 2.41. The highest BCUT2D eigenvalue weighted by Gasteiger charge is 2.16. The lowest BCUT2D eigenvalue weighted by Gasteiger charge is -2.02. The molecule has 0 fully saturated rings. The number of tetrazole rings is 1. The van der Waals surface area contributed by atoms with Crippen LogP contribution in [0.4, 0.5) is 0 Å². The van der Waals surface area contributed by atoms with Crippen molar-refractivity contribution in [3.63, 3.8) is 0 Å². The van der Waals surface area contributed by atoms with Crippen LogP contribution in [-0.4, -0.2) is 26.3 Å². The van der Waals surface area contributed by atoms with Crippen LogP contribution in [0.5, 0.6) is 0 Å². The van der Waals surface area contributed by atoms with Gasteiger partial charge in [0.25, 0.3) is 0 Å². The van der Waals surface area contributed by atoms with Crippen LogP contribution < -0.4 is 4.84 Å². The fraction of sp³-hybridized carbons (Fsp3) is 0.400. The molecule has 17 heavy (non-hydrogen) atoms. The maximum atomic E-state index is 10.9. The molecule has 2 heterocycles. The van der Waals surface area contributed by atoms with Crippen LogP contribution in [-0.2, 0) is 11.2 Å². The number of aryl methyl sites for hydroxylation is 1. The summed E-state index contributed by atoms with van der Waals surface area (Å²) in [6.07, 6.45) is 1.99. The summed E-state index contributed by atoms with van der Waals surface area (Å²) in [5.74, 6) is 0.0193. The van der Waals surface area contributed by atoms with E-state index in [0.29, 0.717) is 5.82 Å². The maximum Gasteiger partial charge on any atom is 0.332 e. The van der Waals surface area contributed by atoms with Gasteiger partial charge in [0.1, 0.15) is 0 Å². The molecule has 0 atom stereocenters. The van der Waals surface area contributed by atoms with Gasteiger partial charge in [-0.05, 0) is 38.7 Å². The van der Waals surface area contributed by atoms with Crippen molar-refractivity contribution in [3.05, 3.63) is 17.0 Å². The molecule has 0 aliphatic heterocycles. The number of thiophene rings is 1. The molecular weight excluding hydrogens is 240 g/mol. The number of hydrogen-bond acceptors (Lipinski definition) is 6. The molecule has 0 unspecified atom stereocenters. The Bertz CT molecular complexity index is 520. The predicted octanol–water partition coefficient (Wildman–Crippen LogP) is 1.33. The van der Waals surface area contributed by atoms with E-state index in [1.807, 2.05) is 11.4 Å². The van der Waals surface area contributed by atoms with Crippen LogP contribution in [0.2, 0.25) is 0 Å². The van der Waals surface area contributed by atoms with Crippen molar-refractivity contribution in [2.45, 2.75) is 26.7 Å². The third-order valence-electron chi connectivity index (χ3n) is 2.13. The average Bonchev–Trinajstić information content (AvgIpc) is 2.86. The van der Waals surface area contributed by atoms with Crippen LogP contribution in [0.25, 0.3) is 10.7 Å². The number of nitrogens with zero attached hydrogens (tertiary/aromatic N) is 4. The van der Waals surface area contributed by atoms with E-state index >= 15 is 0 Å². The Balaban J connectivity index is 2.35. The highest BCUT2D eigenvalue weighted by Crippen LogP contribution is 2.27. The summed E-state index contributed by atoms with van der Waals surface area (Å²) >= 11 is 1.53. The number of aromatic nitrogens is 4. The number of rotatable bonds is 4. The summed E-state index contributed by atoms with van der Waals surface area (Å²) in [7, 11) is 0. The van der Waals surface area contributed by atoms with E-state index in [4.69, 9.17) is 4.84 Å². The number of hydrogen-bond donors (Lipinski definition) is 0. The molecule has 0 radical (unpaired) electrons. The second-order valence-electron chi connectivity index (χ2n) is 3.48. The fourth-order valence-electron chi connectivity index (χ4n) is 1.49. The van der Waals surface area contributed by atoms with Gasteiger partial charge in [-0.1, -0.05) is 13.3 Å². The van der Waals surface area contributed by atoms with Gasteiger partial charge in [0.15, 0.2) is 0 Å². The predicted molar refractivity (Wildman–Crippen MR) is 62.4 cm³/mol. The van der Waals surface area contributed by atoms with E-state index in [9.17, 15) is 4.79 Å². The minimum Gasteiger partial charge on any atom is -0.316 e. The van der Waals surface area contributed by atoms with Crippen molar-refractivity contribution in [2.75, 3.05) is 0 Å². The van der Waals surface area contributed by atoms with E-state index in [2.05, 4.69) is 22.4 Å². The summed E-state index contributed by atoms with van der Waals surface area (Å²) in [5, 5.41) is 13.0. The Hall–Kier alpha value is -1.76. The van der Waals surface area contributed by atoms with E-state index in [-0.39, 0.29) is 0 Å². The first kappa shape index (κ1) is 11.7. The Labute approximate surface area is 102 Å². The molecule has 0 bridgehead atoms. The van der Waals surface area contributed by atoms with Crippen LogP contribution >= 0.6 is 11.3 Å². The summed E-state index contributed by atoms with van der Waals surface area (Å²) in [6, 6.07) is 2.04. The maximum absolute atomic E-state index is 10.9. The zero-order valence-corrected chi connectivity index (χ0v) is 10.4. The molecule has 0 amide bonds. The van der Waals surface area contributed by atoms with E-state index in [0.717, 1.165) is 22.6 Å². The van der Waals surface area contributed by atoms with Gasteiger partial charge in [0.2, 0.25) is 5.82 Å². The van der Waals surface area contributed by atoms with Gasteiger partial charge in [-0.3, -0.25) is 0 Å². The lowest BCUT2D eigenvalue weighted by molar-refractivity contribution is -0.143. The highest BCUT2D eigenvalue weighted by atomic mass is 32.1. The van der Waals surface area contributed by atoms with E-state index in [1.165, 1.54) is 23.8 Å². The van der Waals surface area contributed by atoms with E-state index in [1.54, 1.807) is 0 Å². The molecule has 7 heteroatoms. The van der Waals surface area contributed by atoms with Crippen molar-refractivity contribution >= 4 is 17.3 Å². The van der Waals surface area contributed by atoms with Crippen LogP contribution in [0.15, 0.2) is 11.4 Å². The second kappa shape index (κ2) is 5.05. The molecule has 0 saturated carbocycles. The summed E-state index contributed by atoms with van der Waals surface area (Å²) < 4.78 is 0. The molecular formula is C10H12N4O2S. The van der Waals surface area contributed by atoms with Gasteiger partial charge in [-0.2, -0.15) is 0 Å². The Kier molecular flexibility index (Phi) is 3.48. The zero-order valence-electron chi connectivity index (χ0n) is 9.58. The van der Waals surface area contributed by atoms with Gasteiger partial charge in [-0.15, -0.1) is 16.4 Å². The van der Waals surface area contributed by atoms with Crippen molar-refractivity contribution in [1.29, 1.82) is 0 Å². The van der Waals surface area contributed by atoms with Crippen LogP contribution in [0.1, 0.15) is 25.8 Å². The van der Waals surface area contributed by atoms with Crippen molar-refractivity contribution in [2.24, 2.45) is 0 Å². The third kappa shape index (κ3) is 2.50. The number of carbonyl (C=O) groups excluding carboxylic acids is 1. The first-order chi connectivity index (χ1) is 8.22. The van der Waals surface area contributed by atoms with Gasteiger partial charge in [0.05, 0.1) is 4.88 Å². The molecule has 0 N–H and O–H groups in total. The molecule has 90 valence electrons. The van der Waals surface area contributed by atoms with Gasteiger partial charge >= 0.3 is 5.97 Å². The van der Waals surface area contributed by atoms with Crippen LogP contribution in [0, 0.1) is 0 Å². The molecule has 2 aromatic rings. The third-order valence-corrected chi connectivity index (χ3v) is 3.08. The van der Waals surface area contributed by atoms with Gasteiger partial charge in [-0.25, -0.2) is 4.79 Å². The Morgan fingerprint density at radius 2 is 2.41 bits per heavy atom. The van der Waals surface area contributed by atoms with E-state index < -0.39 is 5.97 Å². The molecule has 0 spiro atoms. The molecule has 0 aromatic carbocycles. The Morgan fingerprint density at radius 1 is 1.59 bits per heavy atom. The zero-order chi connectivity index (χ0) is 12.3. The monoisotopic (exact) mass is 252 g/mol. The average molecular weight is 252 g/mol. The largest absolute Gasteiger partial charge is 0.332 e. The lowest BCUT2D eigenvalue weighted by Crippen LogP contribution is -2.19. The number of carbonyl (C=O) groups is 1. The first-order valence-electron chi connectivity index (χ1n) is 5.26.